The average Bonchev–Trinajstić information content (AvgIpc) is 2.24. The van der Waals surface area contributed by atoms with E-state index in [1.54, 1.807) is 0 Å². The normalized spacial score (nSPS) is 17.8. The molecule has 0 bridgehead atoms. The third-order valence-corrected chi connectivity index (χ3v) is 3.21. The zero-order valence-corrected chi connectivity index (χ0v) is 9.55. The summed E-state index contributed by atoms with van der Waals surface area (Å²) in [6, 6.07) is 2.70. The quantitative estimate of drug-likeness (QED) is 0.857. The average molecular weight is 225 g/mol. The molecule has 0 unspecified atom stereocenters. The Labute approximate surface area is 94.3 Å². The molecular weight excluding hydrogens is 209 g/mol. The van der Waals surface area contributed by atoms with E-state index in [-0.39, 0.29) is 5.82 Å². The molecule has 0 amide bonds. The number of hydrogen-bond donors (Lipinski definition) is 1. The van der Waals surface area contributed by atoms with Gasteiger partial charge in [0.15, 0.2) is 0 Å². The molecule has 2 rings (SSSR count). The highest BCUT2D eigenvalue weighted by molar-refractivity contribution is 5.50. The van der Waals surface area contributed by atoms with Crippen LogP contribution in [0.25, 0.3) is 0 Å². The molecule has 0 radical (unpaired) electrons. The van der Waals surface area contributed by atoms with Crippen LogP contribution in [0.15, 0.2) is 12.1 Å². The zero-order valence-electron chi connectivity index (χ0n) is 9.55. The van der Waals surface area contributed by atoms with Crippen molar-refractivity contribution in [2.45, 2.75) is 24.8 Å². The molecule has 1 fully saturated rings. The van der Waals surface area contributed by atoms with Gasteiger partial charge in [-0.25, -0.2) is 4.39 Å². The minimum atomic E-state index is -0.426. The van der Waals surface area contributed by atoms with Crippen molar-refractivity contribution >= 4 is 0 Å². The molecule has 3 nitrogen and oxygen atoms in total. The molecule has 2 N–H and O–H groups in total. The Morgan fingerprint density at radius 2 is 1.69 bits per heavy atom. The first-order valence-corrected chi connectivity index (χ1v) is 5.31. The molecule has 16 heavy (non-hydrogen) atoms. The fourth-order valence-electron chi connectivity index (χ4n) is 2.18. The van der Waals surface area contributed by atoms with Gasteiger partial charge in [-0.05, 0) is 19.3 Å². The van der Waals surface area contributed by atoms with Gasteiger partial charge in [-0.2, -0.15) is 0 Å². The van der Waals surface area contributed by atoms with Crippen LogP contribution in [0, 0.1) is 5.82 Å². The van der Waals surface area contributed by atoms with Crippen LogP contribution in [0.4, 0.5) is 4.39 Å². The first kappa shape index (κ1) is 11.2. The Bertz CT molecular complexity index is 377. The van der Waals surface area contributed by atoms with Gasteiger partial charge in [-0.15, -0.1) is 0 Å². The molecule has 0 saturated heterocycles. The molecule has 1 aromatic carbocycles. The van der Waals surface area contributed by atoms with Crippen LogP contribution < -0.4 is 15.2 Å². The minimum Gasteiger partial charge on any atom is -0.496 e. The van der Waals surface area contributed by atoms with Gasteiger partial charge >= 0.3 is 0 Å². The monoisotopic (exact) mass is 225 g/mol. The van der Waals surface area contributed by atoms with Crippen LogP contribution in [0.3, 0.4) is 0 Å². The summed E-state index contributed by atoms with van der Waals surface area (Å²) < 4.78 is 23.7. The van der Waals surface area contributed by atoms with Crippen molar-refractivity contribution in [3.63, 3.8) is 0 Å². The summed E-state index contributed by atoms with van der Waals surface area (Å²) in [5.74, 6) is 0.568. The van der Waals surface area contributed by atoms with E-state index >= 15 is 0 Å². The maximum atomic E-state index is 13.3. The second kappa shape index (κ2) is 3.94. The molecule has 1 aliphatic carbocycles. The Hall–Kier alpha value is -1.29. The second-order valence-electron chi connectivity index (χ2n) is 4.20. The SMILES string of the molecule is COc1cc(F)cc(OC)c1C1(N)CCC1. The van der Waals surface area contributed by atoms with Crippen LogP contribution in [-0.4, -0.2) is 14.2 Å². The number of benzene rings is 1. The highest BCUT2D eigenvalue weighted by atomic mass is 19.1. The Balaban J connectivity index is 2.55. The van der Waals surface area contributed by atoms with Crippen molar-refractivity contribution in [1.29, 1.82) is 0 Å². The number of nitrogens with two attached hydrogens (primary N) is 1. The van der Waals surface area contributed by atoms with Gasteiger partial charge in [0.25, 0.3) is 0 Å². The maximum Gasteiger partial charge on any atom is 0.130 e. The lowest BCUT2D eigenvalue weighted by atomic mass is 9.72. The third kappa shape index (κ3) is 1.63. The number of hydrogen-bond acceptors (Lipinski definition) is 3. The number of methoxy groups -OCH3 is 2. The molecule has 0 aromatic heterocycles. The molecule has 0 atom stereocenters. The summed E-state index contributed by atoms with van der Waals surface area (Å²) in [5.41, 5.74) is 6.60. The van der Waals surface area contributed by atoms with E-state index in [0.29, 0.717) is 11.5 Å². The third-order valence-electron chi connectivity index (χ3n) is 3.21. The molecule has 0 spiro atoms. The van der Waals surface area contributed by atoms with E-state index in [2.05, 4.69) is 0 Å². The summed E-state index contributed by atoms with van der Waals surface area (Å²) in [7, 11) is 3.03. The van der Waals surface area contributed by atoms with E-state index < -0.39 is 5.54 Å². The van der Waals surface area contributed by atoms with Gasteiger partial charge in [-0.1, -0.05) is 0 Å². The first-order valence-electron chi connectivity index (χ1n) is 5.31. The zero-order chi connectivity index (χ0) is 11.8. The summed E-state index contributed by atoms with van der Waals surface area (Å²) in [4.78, 5) is 0. The van der Waals surface area contributed by atoms with Crippen LogP contribution >= 0.6 is 0 Å². The first-order chi connectivity index (χ1) is 7.60. The van der Waals surface area contributed by atoms with Crippen molar-refractivity contribution in [2.24, 2.45) is 5.73 Å². The fourth-order valence-corrected chi connectivity index (χ4v) is 2.18. The molecule has 1 aromatic rings. The number of ether oxygens (including phenoxy) is 2. The van der Waals surface area contributed by atoms with Crippen molar-refractivity contribution in [2.75, 3.05) is 14.2 Å². The molecule has 1 saturated carbocycles. The molecule has 4 heteroatoms. The number of halogens is 1. The van der Waals surface area contributed by atoms with Gasteiger partial charge in [0.05, 0.1) is 19.8 Å². The van der Waals surface area contributed by atoms with E-state index in [1.165, 1.54) is 26.4 Å². The predicted octanol–water partition coefficient (Wildman–Crippen LogP) is 2.18. The predicted molar refractivity (Wildman–Crippen MR) is 59.2 cm³/mol. The van der Waals surface area contributed by atoms with Crippen LogP contribution in [0.2, 0.25) is 0 Å². The largest absolute Gasteiger partial charge is 0.496 e. The van der Waals surface area contributed by atoms with Gasteiger partial charge < -0.3 is 15.2 Å². The summed E-state index contributed by atoms with van der Waals surface area (Å²) in [6.45, 7) is 0. The molecule has 1 aliphatic rings. The van der Waals surface area contributed by atoms with E-state index in [9.17, 15) is 4.39 Å². The lowest BCUT2D eigenvalue weighted by Gasteiger charge is -2.40. The summed E-state index contributed by atoms with van der Waals surface area (Å²) >= 11 is 0. The van der Waals surface area contributed by atoms with Crippen LogP contribution in [0.5, 0.6) is 11.5 Å². The highest BCUT2D eigenvalue weighted by Crippen LogP contribution is 2.47. The highest BCUT2D eigenvalue weighted by Gasteiger charge is 2.39. The molecular formula is C12H16FNO2. The maximum absolute atomic E-state index is 13.3. The van der Waals surface area contributed by atoms with E-state index in [1.807, 2.05) is 0 Å². The molecule has 0 heterocycles. The standard InChI is InChI=1S/C12H16FNO2/c1-15-9-6-8(13)7-10(16-2)11(9)12(14)4-3-5-12/h6-7H,3-5,14H2,1-2H3. The van der Waals surface area contributed by atoms with E-state index in [0.717, 1.165) is 24.8 Å². The van der Waals surface area contributed by atoms with Crippen LogP contribution in [0.1, 0.15) is 24.8 Å². The summed E-state index contributed by atoms with van der Waals surface area (Å²) in [5, 5.41) is 0. The van der Waals surface area contributed by atoms with Crippen LogP contribution in [-0.2, 0) is 5.54 Å². The molecule has 88 valence electrons. The second-order valence-corrected chi connectivity index (χ2v) is 4.20. The minimum absolute atomic E-state index is 0.375. The van der Waals surface area contributed by atoms with Gasteiger partial charge in [0.1, 0.15) is 17.3 Å². The Morgan fingerprint density at radius 3 is 2.00 bits per heavy atom. The van der Waals surface area contributed by atoms with Crippen molar-refractivity contribution in [3.8, 4) is 11.5 Å². The smallest absolute Gasteiger partial charge is 0.130 e. The topological polar surface area (TPSA) is 44.5 Å². The lowest BCUT2D eigenvalue weighted by molar-refractivity contribution is 0.233. The van der Waals surface area contributed by atoms with Crippen molar-refractivity contribution < 1.29 is 13.9 Å². The van der Waals surface area contributed by atoms with Crippen molar-refractivity contribution in [3.05, 3.63) is 23.5 Å². The fraction of sp³-hybridized carbons (Fsp3) is 0.500. The summed E-state index contributed by atoms with van der Waals surface area (Å²) in [6.07, 6.45) is 2.84. The van der Waals surface area contributed by atoms with Gasteiger partial charge in [0, 0.05) is 17.7 Å². The van der Waals surface area contributed by atoms with Gasteiger partial charge in [0.2, 0.25) is 0 Å². The lowest BCUT2D eigenvalue weighted by Crippen LogP contribution is -2.43. The number of rotatable bonds is 3. The van der Waals surface area contributed by atoms with Crippen molar-refractivity contribution in [1.82, 2.24) is 0 Å². The Morgan fingerprint density at radius 1 is 1.19 bits per heavy atom. The van der Waals surface area contributed by atoms with E-state index in [4.69, 9.17) is 15.2 Å². The molecule has 0 aliphatic heterocycles. The Kier molecular flexibility index (Phi) is 2.76. The van der Waals surface area contributed by atoms with Gasteiger partial charge in [-0.3, -0.25) is 0 Å².